The highest BCUT2D eigenvalue weighted by atomic mass is 16.5. The number of benzene rings is 1. The van der Waals surface area contributed by atoms with Gasteiger partial charge in [-0.05, 0) is 13.0 Å². The van der Waals surface area contributed by atoms with Crippen LogP contribution in [-0.4, -0.2) is 29.1 Å². The van der Waals surface area contributed by atoms with Crippen molar-refractivity contribution in [3.63, 3.8) is 0 Å². The van der Waals surface area contributed by atoms with Gasteiger partial charge in [-0.1, -0.05) is 30.3 Å². The van der Waals surface area contributed by atoms with Crippen molar-refractivity contribution in [2.45, 2.75) is 6.92 Å². The monoisotopic (exact) mass is 245 g/mol. The van der Waals surface area contributed by atoms with Gasteiger partial charge in [0.05, 0.1) is 5.69 Å². The summed E-state index contributed by atoms with van der Waals surface area (Å²) in [6, 6.07) is 11.2. The van der Waals surface area contributed by atoms with Crippen LogP contribution in [0.1, 0.15) is 6.92 Å². The minimum atomic E-state index is -0.300. The second kappa shape index (κ2) is 5.97. The SMILES string of the molecule is CCOCNC(=O)n1ccc(-c2ccccc2)n1. The summed E-state index contributed by atoms with van der Waals surface area (Å²) in [6.07, 6.45) is 1.63. The van der Waals surface area contributed by atoms with Crippen LogP contribution in [0.25, 0.3) is 11.3 Å². The summed E-state index contributed by atoms with van der Waals surface area (Å²) in [6.45, 7) is 2.62. The van der Waals surface area contributed by atoms with Crippen LogP contribution in [0.15, 0.2) is 42.6 Å². The Morgan fingerprint density at radius 2 is 2.11 bits per heavy atom. The Kier molecular flexibility index (Phi) is 4.09. The smallest absolute Gasteiger partial charge is 0.343 e. The minimum absolute atomic E-state index is 0.190. The predicted molar refractivity (Wildman–Crippen MR) is 68.1 cm³/mol. The van der Waals surface area contributed by atoms with Gasteiger partial charge in [0.2, 0.25) is 0 Å². The normalized spacial score (nSPS) is 10.3. The highest BCUT2D eigenvalue weighted by Crippen LogP contribution is 2.15. The summed E-state index contributed by atoms with van der Waals surface area (Å²) < 4.78 is 6.31. The molecule has 2 rings (SSSR count). The maximum Gasteiger partial charge on any atom is 0.343 e. The molecule has 0 spiro atoms. The van der Waals surface area contributed by atoms with E-state index in [1.807, 2.05) is 37.3 Å². The number of carbonyl (C=O) groups is 1. The van der Waals surface area contributed by atoms with Crippen LogP contribution >= 0.6 is 0 Å². The highest BCUT2D eigenvalue weighted by Gasteiger charge is 2.07. The second-order valence-corrected chi connectivity index (χ2v) is 3.63. The molecule has 0 atom stereocenters. The number of nitrogens with one attached hydrogen (secondary N) is 1. The van der Waals surface area contributed by atoms with Crippen molar-refractivity contribution in [1.82, 2.24) is 15.1 Å². The standard InChI is InChI=1S/C13H15N3O2/c1-2-18-10-14-13(17)16-9-8-12(15-16)11-6-4-3-5-7-11/h3-9H,2,10H2,1H3,(H,14,17). The van der Waals surface area contributed by atoms with Crippen LogP contribution in [-0.2, 0) is 4.74 Å². The molecule has 1 aromatic heterocycles. The molecule has 1 amide bonds. The predicted octanol–water partition coefficient (Wildman–Crippen LogP) is 2.10. The molecule has 0 bridgehead atoms. The molecule has 1 N–H and O–H groups in total. The molecule has 0 unspecified atom stereocenters. The van der Waals surface area contributed by atoms with Crippen molar-refractivity contribution < 1.29 is 9.53 Å². The molecule has 0 fully saturated rings. The van der Waals surface area contributed by atoms with E-state index in [2.05, 4.69) is 10.4 Å². The maximum absolute atomic E-state index is 11.7. The molecular weight excluding hydrogens is 230 g/mol. The molecular formula is C13H15N3O2. The molecule has 1 heterocycles. The van der Waals surface area contributed by atoms with Crippen molar-refractivity contribution in [2.24, 2.45) is 0 Å². The van der Waals surface area contributed by atoms with E-state index in [0.29, 0.717) is 6.61 Å². The lowest BCUT2D eigenvalue weighted by Crippen LogP contribution is -2.30. The van der Waals surface area contributed by atoms with Crippen molar-refractivity contribution in [3.05, 3.63) is 42.6 Å². The fourth-order valence-electron chi connectivity index (χ4n) is 1.50. The van der Waals surface area contributed by atoms with E-state index in [4.69, 9.17) is 4.74 Å². The third-order valence-corrected chi connectivity index (χ3v) is 2.40. The Morgan fingerprint density at radius 3 is 2.83 bits per heavy atom. The Balaban J connectivity index is 2.04. The van der Waals surface area contributed by atoms with Crippen molar-refractivity contribution >= 4 is 6.03 Å². The first kappa shape index (κ1) is 12.3. The lowest BCUT2D eigenvalue weighted by Gasteiger charge is -2.04. The number of amides is 1. The number of rotatable bonds is 4. The molecule has 94 valence electrons. The van der Waals surface area contributed by atoms with E-state index < -0.39 is 0 Å². The first-order chi connectivity index (χ1) is 8.81. The minimum Gasteiger partial charge on any atom is -0.361 e. The number of carbonyl (C=O) groups excluding carboxylic acids is 1. The highest BCUT2D eigenvalue weighted by molar-refractivity contribution is 5.76. The Morgan fingerprint density at radius 1 is 1.33 bits per heavy atom. The Bertz CT molecular complexity index is 508. The van der Waals surface area contributed by atoms with Crippen molar-refractivity contribution in [2.75, 3.05) is 13.3 Å². The molecule has 0 aliphatic rings. The number of ether oxygens (including phenoxy) is 1. The van der Waals surface area contributed by atoms with Gasteiger partial charge in [-0.2, -0.15) is 9.78 Å². The second-order valence-electron chi connectivity index (χ2n) is 3.63. The summed E-state index contributed by atoms with van der Waals surface area (Å²) in [5, 5.41) is 6.81. The Labute approximate surface area is 105 Å². The molecule has 0 aliphatic heterocycles. The van der Waals surface area contributed by atoms with Gasteiger partial charge < -0.3 is 10.1 Å². The van der Waals surface area contributed by atoms with Crippen molar-refractivity contribution in [1.29, 1.82) is 0 Å². The fourth-order valence-corrected chi connectivity index (χ4v) is 1.50. The van der Waals surface area contributed by atoms with E-state index in [0.717, 1.165) is 11.3 Å². The summed E-state index contributed by atoms with van der Waals surface area (Å²) >= 11 is 0. The molecule has 0 aliphatic carbocycles. The lowest BCUT2D eigenvalue weighted by atomic mass is 10.2. The summed E-state index contributed by atoms with van der Waals surface area (Å²) in [4.78, 5) is 11.7. The van der Waals surface area contributed by atoms with Gasteiger partial charge >= 0.3 is 6.03 Å². The van der Waals surface area contributed by atoms with Crippen LogP contribution in [0, 0.1) is 0 Å². The Hall–Kier alpha value is -2.14. The topological polar surface area (TPSA) is 56.1 Å². The van der Waals surface area contributed by atoms with E-state index in [-0.39, 0.29) is 12.8 Å². The van der Waals surface area contributed by atoms with E-state index >= 15 is 0 Å². The first-order valence-corrected chi connectivity index (χ1v) is 5.78. The lowest BCUT2D eigenvalue weighted by molar-refractivity contribution is 0.131. The summed E-state index contributed by atoms with van der Waals surface area (Å²) in [5.74, 6) is 0. The summed E-state index contributed by atoms with van der Waals surface area (Å²) in [5.41, 5.74) is 1.75. The van der Waals surface area contributed by atoms with E-state index in [1.165, 1.54) is 4.68 Å². The maximum atomic E-state index is 11.7. The third-order valence-electron chi connectivity index (χ3n) is 2.40. The summed E-state index contributed by atoms with van der Waals surface area (Å²) in [7, 11) is 0. The zero-order valence-corrected chi connectivity index (χ0v) is 10.2. The molecule has 2 aromatic rings. The van der Waals surface area contributed by atoms with E-state index in [9.17, 15) is 4.79 Å². The van der Waals surface area contributed by atoms with Crippen LogP contribution < -0.4 is 5.32 Å². The van der Waals surface area contributed by atoms with Gasteiger partial charge in [0, 0.05) is 18.4 Å². The number of hydrogen-bond acceptors (Lipinski definition) is 3. The van der Waals surface area contributed by atoms with Gasteiger partial charge in [-0.25, -0.2) is 4.79 Å². The van der Waals surface area contributed by atoms with Crippen LogP contribution in [0.4, 0.5) is 4.79 Å². The van der Waals surface area contributed by atoms with Crippen LogP contribution in [0.2, 0.25) is 0 Å². The first-order valence-electron chi connectivity index (χ1n) is 5.78. The average Bonchev–Trinajstić information content (AvgIpc) is 2.89. The number of aromatic nitrogens is 2. The van der Waals surface area contributed by atoms with Crippen molar-refractivity contribution in [3.8, 4) is 11.3 Å². The zero-order valence-electron chi connectivity index (χ0n) is 10.2. The largest absolute Gasteiger partial charge is 0.361 e. The average molecular weight is 245 g/mol. The number of nitrogens with zero attached hydrogens (tertiary/aromatic N) is 2. The molecule has 0 saturated heterocycles. The fraction of sp³-hybridized carbons (Fsp3) is 0.231. The van der Waals surface area contributed by atoms with Gasteiger partial charge in [-0.15, -0.1) is 0 Å². The molecule has 0 radical (unpaired) electrons. The third kappa shape index (κ3) is 2.95. The van der Waals surface area contributed by atoms with Gasteiger partial charge in [0.1, 0.15) is 6.73 Å². The van der Waals surface area contributed by atoms with E-state index in [1.54, 1.807) is 12.3 Å². The van der Waals surface area contributed by atoms with Gasteiger partial charge in [0.25, 0.3) is 0 Å². The number of hydrogen-bond donors (Lipinski definition) is 1. The van der Waals surface area contributed by atoms with Gasteiger partial charge in [0.15, 0.2) is 0 Å². The zero-order chi connectivity index (χ0) is 12.8. The molecule has 5 heteroatoms. The van der Waals surface area contributed by atoms with Gasteiger partial charge in [-0.3, -0.25) is 0 Å². The molecule has 18 heavy (non-hydrogen) atoms. The quantitative estimate of drug-likeness (QED) is 0.663. The molecule has 0 saturated carbocycles. The van der Waals surface area contributed by atoms with Crippen LogP contribution in [0.5, 0.6) is 0 Å². The molecule has 5 nitrogen and oxygen atoms in total. The van der Waals surface area contributed by atoms with Crippen LogP contribution in [0.3, 0.4) is 0 Å². The molecule has 1 aromatic carbocycles.